The van der Waals surface area contributed by atoms with Gasteiger partial charge in [0.25, 0.3) is 5.91 Å². The largest absolute Gasteiger partial charge is 0.474 e. The van der Waals surface area contributed by atoms with E-state index < -0.39 is 0 Å². The molecule has 1 aliphatic carbocycles. The first kappa shape index (κ1) is 18.9. The highest BCUT2D eigenvalue weighted by Crippen LogP contribution is 2.22. The van der Waals surface area contributed by atoms with E-state index in [-0.39, 0.29) is 12.0 Å². The summed E-state index contributed by atoms with van der Waals surface area (Å²) in [7, 11) is 0. The number of hydrogen-bond acceptors (Lipinski definition) is 6. The predicted molar refractivity (Wildman–Crippen MR) is 109 cm³/mol. The van der Waals surface area contributed by atoms with Crippen molar-refractivity contribution in [3.63, 3.8) is 0 Å². The Labute approximate surface area is 169 Å². The Balaban J connectivity index is 1.22. The van der Waals surface area contributed by atoms with Gasteiger partial charge in [0.15, 0.2) is 0 Å². The minimum atomic E-state index is -0.164. The van der Waals surface area contributed by atoms with Gasteiger partial charge in [-0.05, 0) is 43.9 Å². The number of carbonyl (C=O) groups is 1. The SMILES string of the molecule is O=C(NCCNc1cc(-n2cccc2)ncn1)c1ccc(OC2CCCC2)nc1. The van der Waals surface area contributed by atoms with E-state index in [1.165, 1.54) is 19.2 Å². The molecule has 0 saturated heterocycles. The van der Waals surface area contributed by atoms with Crippen molar-refractivity contribution in [3.8, 4) is 11.7 Å². The Morgan fingerprint density at radius 1 is 1.10 bits per heavy atom. The Bertz CT molecular complexity index is 921. The van der Waals surface area contributed by atoms with Crippen LogP contribution in [0.25, 0.3) is 5.82 Å². The van der Waals surface area contributed by atoms with E-state index in [2.05, 4.69) is 25.6 Å². The number of pyridine rings is 1. The molecule has 4 rings (SSSR count). The quantitative estimate of drug-likeness (QED) is 0.573. The van der Waals surface area contributed by atoms with Crippen molar-refractivity contribution in [2.75, 3.05) is 18.4 Å². The zero-order valence-corrected chi connectivity index (χ0v) is 16.1. The third-order valence-corrected chi connectivity index (χ3v) is 4.83. The van der Waals surface area contributed by atoms with Crippen LogP contribution < -0.4 is 15.4 Å². The van der Waals surface area contributed by atoms with Gasteiger partial charge in [0.2, 0.25) is 5.88 Å². The van der Waals surface area contributed by atoms with Gasteiger partial charge in [0.1, 0.15) is 24.1 Å². The van der Waals surface area contributed by atoms with Crippen LogP contribution in [-0.2, 0) is 0 Å². The Hall–Kier alpha value is -3.42. The van der Waals surface area contributed by atoms with E-state index in [4.69, 9.17) is 4.74 Å². The first-order valence-electron chi connectivity index (χ1n) is 9.88. The van der Waals surface area contributed by atoms with Crippen LogP contribution in [0.1, 0.15) is 36.0 Å². The average molecular weight is 392 g/mol. The topological polar surface area (TPSA) is 94.0 Å². The van der Waals surface area contributed by atoms with Crippen molar-refractivity contribution in [2.24, 2.45) is 0 Å². The van der Waals surface area contributed by atoms with E-state index in [0.29, 0.717) is 30.4 Å². The molecule has 0 spiro atoms. The van der Waals surface area contributed by atoms with Gasteiger partial charge < -0.3 is 19.9 Å². The molecule has 150 valence electrons. The number of hydrogen-bond donors (Lipinski definition) is 2. The minimum Gasteiger partial charge on any atom is -0.474 e. The summed E-state index contributed by atoms with van der Waals surface area (Å²) in [5, 5.41) is 6.06. The number of amides is 1. The molecule has 1 aliphatic rings. The average Bonchev–Trinajstić information content (AvgIpc) is 3.46. The lowest BCUT2D eigenvalue weighted by molar-refractivity contribution is 0.0954. The maximum absolute atomic E-state index is 12.3. The summed E-state index contributed by atoms with van der Waals surface area (Å²) in [6.45, 7) is 1.01. The minimum absolute atomic E-state index is 0.164. The highest BCUT2D eigenvalue weighted by atomic mass is 16.5. The molecule has 1 fully saturated rings. The molecule has 29 heavy (non-hydrogen) atoms. The van der Waals surface area contributed by atoms with Gasteiger partial charge in [-0.25, -0.2) is 15.0 Å². The highest BCUT2D eigenvalue weighted by molar-refractivity contribution is 5.93. The number of nitrogens with one attached hydrogen (secondary N) is 2. The summed E-state index contributed by atoms with van der Waals surface area (Å²) in [6, 6.07) is 9.23. The Morgan fingerprint density at radius 2 is 1.93 bits per heavy atom. The molecule has 0 unspecified atom stereocenters. The zero-order chi connectivity index (χ0) is 19.9. The maximum Gasteiger partial charge on any atom is 0.252 e. The Morgan fingerprint density at radius 3 is 2.69 bits per heavy atom. The van der Waals surface area contributed by atoms with Crippen LogP contribution in [0.3, 0.4) is 0 Å². The van der Waals surface area contributed by atoms with E-state index in [1.807, 2.05) is 35.2 Å². The molecule has 0 aliphatic heterocycles. The molecule has 3 aromatic rings. The van der Waals surface area contributed by atoms with Crippen LogP contribution in [0.15, 0.2) is 55.2 Å². The van der Waals surface area contributed by atoms with Gasteiger partial charge >= 0.3 is 0 Å². The number of carbonyl (C=O) groups excluding carboxylic acids is 1. The lowest BCUT2D eigenvalue weighted by atomic mass is 10.2. The van der Waals surface area contributed by atoms with Crippen LogP contribution in [0.4, 0.5) is 5.82 Å². The van der Waals surface area contributed by atoms with Crippen molar-refractivity contribution < 1.29 is 9.53 Å². The first-order chi connectivity index (χ1) is 14.3. The number of anilines is 1. The normalized spacial score (nSPS) is 13.9. The fraction of sp³-hybridized carbons (Fsp3) is 0.333. The number of aromatic nitrogens is 4. The van der Waals surface area contributed by atoms with Crippen molar-refractivity contribution in [1.29, 1.82) is 0 Å². The van der Waals surface area contributed by atoms with Gasteiger partial charge in [0, 0.05) is 43.8 Å². The van der Waals surface area contributed by atoms with Crippen LogP contribution in [0.5, 0.6) is 5.88 Å². The van der Waals surface area contributed by atoms with E-state index in [1.54, 1.807) is 18.3 Å². The Kier molecular flexibility index (Phi) is 5.99. The van der Waals surface area contributed by atoms with Crippen molar-refractivity contribution >= 4 is 11.7 Å². The molecule has 1 saturated carbocycles. The van der Waals surface area contributed by atoms with Crippen LogP contribution >= 0.6 is 0 Å². The maximum atomic E-state index is 12.3. The summed E-state index contributed by atoms with van der Waals surface area (Å²) in [5.74, 6) is 1.90. The summed E-state index contributed by atoms with van der Waals surface area (Å²) in [5.41, 5.74) is 0.515. The molecule has 0 aromatic carbocycles. The lowest BCUT2D eigenvalue weighted by Crippen LogP contribution is -2.29. The molecule has 0 radical (unpaired) electrons. The number of ether oxygens (including phenoxy) is 1. The molecule has 0 atom stereocenters. The second kappa shape index (κ2) is 9.18. The molecular formula is C21H24N6O2. The third-order valence-electron chi connectivity index (χ3n) is 4.83. The third kappa shape index (κ3) is 5.10. The number of nitrogens with zero attached hydrogens (tertiary/aromatic N) is 4. The van der Waals surface area contributed by atoms with E-state index in [0.717, 1.165) is 18.7 Å². The summed E-state index contributed by atoms with van der Waals surface area (Å²) in [4.78, 5) is 25.0. The molecule has 0 bridgehead atoms. The molecule has 8 heteroatoms. The van der Waals surface area contributed by atoms with Crippen LogP contribution in [0.2, 0.25) is 0 Å². The standard InChI is InChI=1S/C21H24N6O2/c28-21(16-7-8-20(24-14-16)29-17-5-1-2-6-17)23-10-9-22-18-13-19(26-15-25-18)27-11-3-4-12-27/h3-4,7-8,11-15,17H,1-2,5-6,9-10H2,(H,23,28)(H,22,25,26). The molecule has 3 heterocycles. The summed E-state index contributed by atoms with van der Waals surface area (Å²) in [6.07, 6.45) is 11.7. The fourth-order valence-electron chi connectivity index (χ4n) is 3.30. The highest BCUT2D eigenvalue weighted by Gasteiger charge is 2.17. The molecule has 2 N–H and O–H groups in total. The molecular weight excluding hydrogens is 368 g/mol. The first-order valence-corrected chi connectivity index (χ1v) is 9.88. The molecule has 3 aromatic heterocycles. The van der Waals surface area contributed by atoms with Gasteiger partial charge in [-0.15, -0.1) is 0 Å². The zero-order valence-electron chi connectivity index (χ0n) is 16.1. The fourth-order valence-corrected chi connectivity index (χ4v) is 3.30. The van der Waals surface area contributed by atoms with Crippen molar-refractivity contribution in [2.45, 2.75) is 31.8 Å². The second-order valence-corrected chi connectivity index (χ2v) is 6.94. The second-order valence-electron chi connectivity index (χ2n) is 6.94. The summed E-state index contributed by atoms with van der Waals surface area (Å²) >= 11 is 0. The van der Waals surface area contributed by atoms with Crippen LogP contribution in [0, 0.1) is 0 Å². The summed E-state index contributed by atoms with van der Waals surface area (Å²) < 4.78 is 7.73. The molecule has 1 amide bonds. The molecule has 8 nitrogen and oxygen atoms in total. The lowest BCUT2D eigenvalue weighted by Gasteiger charge is -2.12. The van der Waals surface area contributed by atoms with Gasteiger partial charge in [-0.2, -0.15) is 0 Å². The van der Waals surface area contributed by atoms with Gasteiger partial charge in [0.05, 0.1) is 5.56 Å². The predicted octanol–water partition coefficient (Wildman–Crippen LogP) is 2.83. The smallest absolute Gasteiger partial charge is 0.252 e. The number of rotatable bonds is 8. The van der Waals surface area contributed by atoms with Gasteiger partial charge in [-0.3, -0.25) is 4.79 Å². The monoisotopic (exact) mass is 392 g/mol. The van der Waals surface area contributed by atoms with E-state index >= 15 is 0 Å². The van der Waals surface area contributed by atoms with Crippen molar-refractivity contribution in [3.05, 3.63) is 60.8 Å². The van der Waals surface area contributed by atoms with Crippen molar-refractivity contribution in [1.82, 2.24) is 24.8 Å². The van der Waals surface area contributed by atoms with Gasteiger partial charge in [-0.1, -0.05) is 0 Å². The van der Waals surface area contributed by atoms with Crippen LogP contribution in [-0.4, -0.2) is 44.6 Å². The van der Waals surface area contributed by atoms with E-state index in [9.17, 15) is 4.79 Å².